The van der Waals surface area contributed by atoms with Crippen molar-refractivity contribution in [3.8, 4) is 5.75 Å². The third-order valence-corrected chi connectivity index (χ3v) is 2.67. The van der Waals surface area contributed by atoms with Crippen LogP contribution in [0.5, 0.6) is 5.75 Å². The molecule has 1 amide bonds. The van der Waals surface area contributed by atoms with Gasteiger partial charge < -0.3 is 14.6 Å². The van der Waals surface area contributed by atoms with E-state index in [1.54, 1.807) is 26.8 Å². The topological polar surface area (TPSA) is 84.9 Å². The standard InChI is InChI=1S/C14H17NO5/c1-14(2,3)20-13(18)15-10-7-9(12(16)17)6-8-4-5-19-11(8)10/h6-7H,4-5H2,1-3H3,(H,15,18)(H,16,17). The van der Waals surface area contributed by atoms with E-state index in [0.29, 0.717) is 24.5 Å². The molecule has 1 aliphatic rings. The van der Waals surface area contributed by atoms with E-state index < -0.39 is 17.7 Å². The van der Waals surface area contributed by atoms with Crippen LogP contribution in [-0.2, 0) is 11.2 Å². The number of rotatable bonds is 2. The van der Waals surface area contributed by atoms with E-state index in [1.165, 1.54) is 6.07 Å². The summed E-state index contributed by atoms with van der Waals surface area (Å²) in [6.45, 7) is 5.73. The molecule has 0 fully saturated rings. The Bertz CT molecular complexity index is 559. The van der Waals surface area contributed by atoms with Crippen LogP contribution in [0.1, 0.15) is 36.7 Å². The van der Waals surface area contributed by atoms with E-state index in [-0.39, 0.29) is 5.56 Å². The van der Waals surface area contributed by atoms with Crippen LogP contribution in [-0.4, -0.2) is 29.4 Å². The van der Waals surface area contributed by atoms with Crippen molar-refractivity contribution in [1.82, 2.24) is 0 Å². The molecule has 6 heteroatoms. The van der Waals surface area contributed by atoms with Gasteiger partial charge in [0.25, 0.3) is 0 Å². The van der Waals surface area contributed by atoms with Gasteiger partial charge in [0.05, 0.1) is 17.9 Å². The number of carbonyl (C=O) groups excluding carboxylic acids is 1. The number of carboxylic acid groups (broad SMARTS) is 1. The average Bonchev–Trinajstić information content (AvgIpc) is 2.74. The zero-order valence-corrected chi connectivity index (χ0v) is 11.6. The van der Waals surface area contributed by atoms with Crippen LogP contribution < -0.4 is 10.1 Å². The highest BCUT2D eigenvalue weighted by atomic mass is 16.6. The Balaban J connectivity index is 2.27. The lowest BCUT2D eigenvalue weighted by Gasteiger charge is -2.20. The Morgan fingerprint density at radius 2 is 2.05 bits per heavy atom. The van der Waals surface area contributed by atoms with Crippen molar-refractivity contribution < 1.29 is 24.2 Å². The SMILES string of the molecule is CC(C)(C)OC(=O)Nc1cc(C(=O)O)cc2c1OCC2. The number of amides is 1. The minimum absolute atomic E-state index is 0.111. The van der Waals surface area contributed by atoms with Crippen molar-refractivity contribution in [2.75, 3.05) is 11.9 Å². The summed E-state index contributed by atoms with van der Waals surface area (Å²) in [6.07, 6.45) is -0.0165. The summed E-state index contributed by atoms with van der Waals surface area (Å²) >= 11 is 0. The molecule has 0 bridgehead atoms. The van der Waals surface area contributed by atoms with Crippen molar-refractivity contribution in [2.24, 2.45) is 0 Å². The molecule has 0 radical (unpaired) electrons. The second-order valence-electron chi connectivity index (χ2n) is 5.54. The molecule has 2 rings (SSSR count). The van der Waals surface area contributed by atoms with Crippen LogP contribution in [0.2, 0.25) is 0 Å². The number of nitrogens with one attached hydrogen (secondary N) is 1. The first-order chi connectivity index (χ1) is 9.26. The minimum atomic E-state index is -1.05. The number of hydrogen-bond acceptors (Lipinski definition) is 4. The summed E-state index contributed by atoms with van der Waals surface area (Å²) in [5.74, 6) is -0.534. The highest BCUT2D eigenvalue weighted by molar-refractivity contribution is 5.94. The van der Waals surface area contributed by atoms with Gasteiger partial charge in [0.15, 0.2) is 0 Å². The summed E-state index contributed by atoms with van der Waals surface area (Å²) in [4.78, 5) is 22.9. The van der Waals surface area contributed by atoms with Crippen LogP contribution in [0.15, 0.2) is 12.1 Å². The van der Waals surface area contributed by atoms with Gasteiger partial charge in [-0.3, -0.25) is 5.32 Å². The fraction of sp³-hybridized carbons (Fsp3) is 0.429. The summed E-state index contributed by atoms with van der Waals surface area (Å²) in [6, 6.07) is 2.93. The Morgan fingerprint density at radius 3 is 2.65 bits per heavy atom. The predicted molar refractivity (Wildman–Crippen MR) is 72.5 cm³/mol. The van der Waals surface area contributed by atoms with E-state index in [9.17, 15) is 9.59 Å². The molecule has 1 aromatic carbocycles. The normalized spacial score (nSPS) is 13.3. The zero-order valence-electron chi connectivity index (χ0n) is 11.6. The Morgan fingerprint density at radius 1 is 1.35 bits per heavy atom. The Kier molecular flexibility index (Phi) is 3.57. The van der Waals surface area contributed by atoms with E-state index in [1.807, 2.05) is 0 Å². The van der Waals surface area contributed by atoms with E-state index in [4.69, 9.17) is 14.6 Å². The summed E-state index contributed by atoms with van der Waals surface area (Å²) < 4.78 is 10.6. The first kappa shape index (κ1) is 14.2. The molecule has 0 atom stereocenters. The lowest BCUT2D eigenvalue weighted by atomic mass is 10.1. The van der Waals surface area contributed by atoms with Gasteiger partial charge in [0.2, 0.25) is 0 Å². The molecule has 1 aromatic rings. The van der Waals surface area contributed by atoms with Crippen molar-refractivity contribution >= 4 is 17.7 Å². The molecule has 0 aromatic heterocycles. The van der Waals surface area contributed by atoms with E-state index in [0.717, 1.165) is 5.56 Å². The quantitative estimate of drug-likeness (QED) is 0.869. The van der Waals surface area contributed by atoms with Crippen LogP contribution in [0.25, 0.3) is 0 Å². The van der Waals surface area contributed by atoms with Gasteiger partial charge in [-0.2, -0.15) is 0 Å². The molecule has 20 heavy (non-hydrogen) atoms. The fourth-order valence-electron chi connectivity index (χ4n) is 1.94. The largest absolute Gasteiger partial charge is 0.491 e. The maximum Gasteiger partial charge on any atom is 0.412 e. The maximum absolute atomic E-state index is 11.8. The monoisotopic (exact) mass is 279 g/mol. The van der Waals surface area contributed by atoms with Crippen molar-refractivity contribution in [1.29, 1.82) is 0 Å². The fourth-order valence-corrected chi connectivity index (χ4v) is 1.94. The van der Waals surface area contributed by atoms with E-state index >= 15 is 0 Å². The highest BCUT2D eigenvalue weighted by Crippen LogP contribution is 2.35. The molecule has 1 heterocycles. The number of anilines is 1. The Hall–Kier alpha value is -2.24. The number of fused-ring (bicyclic) bond motifs is 1. The molecule has 0 saturated carbocycles. The lowest BCUT2D eigenvalue weighted by Crippen LogP contribution is -2.27. The van der Waals surface area contributed by atoms with Gasteiger partial charge in [-0.25, -0.2) is 9.59 Å². The predicted octanol–water partition coefficient (Wildman–Crippen LogP) is 2.67. The first-order valence-electron chi connectivity index (χ1n) is 6.29. The van der Waals surface area contributed by atoms with Crippen LogP contribution in [0, 0.1) is 0 Å². The number of benzene rings is 1. The number of aromatic carboxylic acids is 1. The molecular formula is C14H17NO5. The average molecular weight is 279 g/mol. The second kappa shape index (κ2) is 5.03. The summed E-state index contributed by atoms with van der Waals surface area (Å²) in [5.41, 5.74) is 0.585. The number of carbonyl (C=O) groups is 2. The van der Waals surface area contributed by atoms with Crippen molar-refractivity contribution in [3.05, 3.63) is 23.3 Å². The minimum Gasteiger partial charge on any atom is -0.491 e. The molecule has 1 aliphatic heterocycles. The second-order valence-corrected chi connectivity index (χ2v) is 5.54. The molecule has 0 saturated heterocycles. The number of carboxylic acids is 1. The van der Waals surface area contributed by atoms with Crippen molar-refractivity contribution in [3.63, 3.8) is 0 Å². The molecule has 108 valence electrons. The van der Waals surface area contributed by atoms with Crippen LogP contribution in [0.4, 0.5) is 10.5 Å². The third-order valence-electron chi connectivity index (χ3n) is 2.67. The molecule has 6 nitrogen and oxygen atoms in total. The number of ether oxygens (including phenoxy) is 2. The van der Waals surface area contributed by atoms with Gasteiger partial charge in [0, 0.05) is 12.0 Å². The molecule has 0 spiro atoms. The smallest absolute Gasteiger partial charge is 0.412 e. The summed E-state index contributed by atoms with van der Waals surface area (Å²) in [7, 11) is 0. The number of hydrogen-bond donors (Lipinski definition) is 2. The highest BCUT2D eigenvalue weighted by Gasteiger charge is 2.23. The van der Waals surface area contributed by atoms with Gasteiger partial charge in [-0.05, 0) is 32.9 Å². The van der Waals surface area contributed by atoms with Gasteiger partial charge >= 0.3 is 12.1 Å². The molecule has 0 aliphatic carbocycles. The first-order valence-corrected chi connectivity index (χ1v) is 6.29. The van der Waals surface area contributed by atoms with Gasteiger partial charge in [0.1, 0.15) is 11.4 Å². The Labute approximate surface area is 116 Å². The molecule has 0 unspecified atom stereocenters. The maximum atomic E-state index is 11.8. The van der Waals surface area contributed by atoms with Crippen LogP contribution >= 0.6 is 0 Å². The molecular weight excluding hydrogens is 262 g/mol. The van der Waals surface area contributed by atoms with Gasteiger partial charge in [-0.1, -0.05) is 0 Å². The zero-order chi connectivity index (χ0) is 14.9. The lowest BCUT2D eigenvalue weighted by molar-refractivity contribution is 0.0632. The third kappa shape index (κ3) is 3.20. The van der Waals surface area contributed by atoms with E-state index in [2.05, 4.69) is 5.32 Å². The molecule has 2 N–H and O–H groups in total. The van der Waals surface area contributed by atoms with Crippen LogP contribution in [0.3, 0.4) is 0 Å². The van der Waals surface area contributed by atoms with Crippen molar-refractivity contribution in [2.45, 2.75) is 32.8 Å². The van der Waals surface area contributed by atoms with Gasteiger partial charge in [-0.15, -0.1) is 0 Å². The summed E-state index contributed by atoms with van der Waals surface area (Å²) in [5, 5.41) is 11.6.